The average Bonchev–Trinajstić information content (AvgIpc) is 2.49. The summed E-state index contributed by atoms with van der Waals surface area (Å²) in [5.41, 5.74) is 2.84. The molecule has 4 heteroatoms. The molecule has 2 amide bonds. The Balaban J connectivity index is 2.21. The number of anilines is 1. The van der Waals surface area contributed by atoms with Crippen LogP contribution in [0.1, 0.15) is 18.1 Å². The Bertz CT molecular complexity index is 689. The molecule has 0 bridgehead atoms. The van der Waals surface area contributed by atoms with Gasteiger partial charge in [-0.2, -0.15) is 0 Å². The average molecular weight is 294 g/mol. The van der Waals surface area contributed by atoms with Gasteiger partial charge in [-0.05, 0) is 30.7 Å². The molecule has 0 saturated heterocycles. The summed E-state index contributed by atoms with van der Waals surface area (Å²) in [5.74, 6) is -0.649. The van der Waals surface area contributed by atoms with Gasteiger partial charge in [-0.15, -0.1) is 0 Å². The second-order valence-electron chi connectivity index (χ2n) is 4.97. The van der Waals surface area contributed by atoms with Gasteiger partial charge in [0.1, 0.15) is 5.70 Å². The van der Waals surface area contributed by atoms with Crippen LogP contribution in [0.4, 0.5) is 5.69 Å². The number of carbonyl (C=O) groups is 2. The molecule has 22 heavy (non-hydrogen) atoms. The minimum atomic E-state index is -0.358. The van der Waals surface area contributed by atoms with Gasteiger partial charge in [0, 0.05) is 12.6 Å². The van der Waals surface area contributed by atoms with Crippen molar-refractivity contribution in [2.75, 3.05) is 5.32 Å². The molecule has 0 aliphatic rings. The lowest BCUT2D eigenvalue weighted by Gasteiger charge is -2.10. The summed E-state index contributed by atoms with van der Waals surface area (Å²) in [6, 6.07) is 16.8. The van der Waals surface area contributed by atoms with E-state index in [0.29, 0.717) is 5.69 Å². The minimum absolute atomic E-state index is 0.208. The van der Waals surface area contributed by atoms with E-state index in [0.717, 1.165) is 11.1 Å². The summed E-state index contributed by atoms with van der Waals surface area (Å²) in [6.45, 7) is 3.35. The molecule has 0 atom stereocenters. The van der Waals surface area contributed by atoms with Crippen LogP contribution >= 0.6 is 0 Å². The minimum Gasteiger partial charge on any atom is -0.322 e. The van der Waals surface area contributed by atoms with Crippen molar-refractivity contribution < 1.29 is 9.59 Å². The summed E-state index contributed by atoms with van der Waals surface area (Å²) < 4.78 is 0. The summed E-state index contributed by atoms with van der Waals surface area (Å²) in [5, 5.41) is 5.34. The zero-order valence-corrected chi connectivity index (χ0v) is 12.6. The van der Waals surface area contributed by atoms with Crippen LogP contribution in [0.25, 0.3) is 6.08 Å². The van der Waals surface area contributed by atoms with Gasteiger partial charge in [0.2, 0.25) is 5.91 Å². The maximum atomic E-state index is 12.3. The van der Waals surface area contributed by atoms with E-state index in [9.17, 15) is 9.59 Å². The zero-order chi connectivity index (χ0) is 15.9. The second-order valence-corrected chi connectivity index (χ2v) is 4.97. The summed E-state index contributed by atoms with van der Waals surface area (Å²) in [4.78, 5) is 23.7. The quantitative estimate of drug-likeness (QED) is 0.851. The first-order chi connectivity index (χ1) is 10.5. The standard InChI is InChI=1S/C18H18N2O2/c1-13-8-10-16(11-9-13)20-18(22)17(19-14(2)21)12-15-6-4-3-5-7-15/h3-12H,1-2H3,(H,19,21)(H,20,22). The first kappa shape index (κ1) is 15.5. The number of aryl methyl sites for hydroxylation is 1. The molecule has 0 radical (unpaired) electrons. The van der Waals surface area contributed by atoms with E-state index in [4.69, 9.17) is 0 Å². The lowest BCUT2D eigenvalue weighted by Crippen LogP contribution is -2.28. The van der Waals surface area contributed by atoms with E-state index in [1.54, 1.807) is 6.08 Å². The van der Waals surface area contributed by atoms with Crippen LogP contribution in [0, 0.1) is 6.92 Å². The highest BCUT2D eigenvalue weighted by Crippen LogP contribution is 2.11. The van der Waals surface area contributed by atoms with Gasteiger partial charge in [0.05, 0.1) is 0 Å². The highest BCUT2D eigenvalue weighted by atomic mass is 16.2. The van der Waals surface area contributed by atoms with Crippen molar-refractivity contribution in [1.29, 1.82) is 0 Å². The third-order valence-electron chi connectivity index (χ3n) is 2.98. The highest BCUT2D eigenvalue weighted by Gasteiger charge is 2.11. The third-order valence-corrected chi connectivity index (χ3v) is 2.98. The topological polar surface area (TPSA) is 58.2 Å². The molecule has 2 aromatic rings. The molecule has 0 saturated carbocycles. The predicted molar refractivity (Wildman–Crippen MR) is 88.0 cm³/mol. The lowest BCUT2D eigenvalue weighted by atomic mass is 10.2. The molecule has 4 nitrogen and oxygen atoms in total. The number of rotatable bonds is 4. The smallest absolute Gasteiger partial charge is 0.272 e. The molecule has 0 fully saturated rings. The Hall–Kier alpha value is -2.88. The molecule has 0 heterocycles. The van der Waals surface area contributed by atoms with Gasteiger partial charge < -0.3 is 10.6 Å². The monoisotopic (exact) mass is 294 g/mol. The van der Waals surface area contributed by atoms with Crippen molar-refractivity contribution in [2.45, 2.75) is 13.8 Å². The van der Waals surface area contributed by atoms with Crippen LogP contribution in [0.5, 0.6) is 0 Å². The maximum absolute atomic E-state index is 12.3. The van der Waals surface area contributed by atoms with E-state index in [-0.39, 0.29) is 17.5 Å². The number of benzene rings is 2. The van der Waals surface area contributed by atoms with E-state index >= 15 is 0 Å². The Morgan fingerprint density at radius 3 is 2.18 bits per heavy atom. The van der Waals surface area contributed by atoms with Gasteiger partial charge in [0.15, 0.2) is 0 Å². The molecular weight excluding hydrogens is 276 g/mol. The molecule has 0 aromatic heterocycles. The van der Waals surface area contributed by atoms with Crippen LogP contribution in [-0.2, 0) is 9.59 Å². The Kier molecular flexibility index (Phi) is 5.09. The van der Waals surface area contributed by atoms with Crippen LogP contribution in [0.2, 0.25) is 0 Å². The van der Waals surface area contributed by atoms with Gasteiger partial charge in [0.25, 0.3) is 5.91 Å². The van der Waals surface area contributed by atoms with Crippen molar-refractivity contribution >= 4 is 23.6 Å². The predicted octanol–water partition coefficient (Wildman–Crippen LogP) is 3.11. The fraction of sp³-hybridized carbons (Fsp3) is 0.111. The van der Waals surface area contributed by atoms with Crippen LogP contribution in [-0.4, -0.2) is 11.8 Å². The van der Waals surface area contributed by atoms with E-state index < -0.39 is 0 Å². The number of hydrogen-bond acceptors (Lipinski definition) is 2. The fourth-order valence-corrected chi connectivity index (χ4v) is 1.90. The first-order valence-electron chi connectivity index (χ1n) is 6.97. The normalized spacial score (nSPS) is 10.9. The lowest BCUT2D eigenvalue weighted by molar-refractivity contribution is -0.120. The van der Waals surface area contributed by atoms with Gasteiger partial charge >= 0.3 is 0 Å². The Morgan fingerprint density at radius 2 is 1.59 bits per heavy atom. The van der Waals surface area contributed by atoms with Crippen LogP contribution < -0.4 is 10.6 Å². The van der Waals surface area contributed by atoms with Crippen molar-refractivity contribution in [3.05, 3.63) is 71.4 Å². The fourth-order valence-electron chi connectivity index (χ4n) is 1.90. The Morgan fingerprint density at radius 1 is 0.955 bits per heavy atom. The van der Waals surface area contributed by atoms with Crippen molar-refractivity contribution in [3.63, 3.8) is 0 Å². The molecule has 112 valence electrons. The van der Waals surface area contributed by atoms with Crippen LogP contribution in [0.3, 0.4) is 0 Å². The molecule has 0 aliphatic heterocycles. The van der Waals surface area contributed by atoms with Crippen LogP contribution in [0.15, 0.2) is 60.3 Å². The second kappa shape index (κ2) is 7.22. The van der Waals surface area contributed by atoms with Crippen molar-refractivity contribution in [3.8, 4) is 0 Å². The third kappa shape index (κ3) is 4.59. The van der Waals surface area contributed by atoms with Crippen molar-refractivity contribution in [2.24, 2.45) is 0 Å². The Labute approximate surface area is 129 Å². The largest absolute Gasteiger partial charge is 0.322 e. The molecular formula is C18H18N2O2. The van der Waals surface area contributed by atoms with Gasteiger partial charge in [-0.1, -0.05) is 48.0 Å². The van der Waals surface area contributed by atoms with Gasteiger partial charge in [-0.25, -0.2) is 0 Å². The molecule has 0 unspecified atom stereocenters. The molecule has 2 aromatic carbocycles. The zero-order valence-electron chi connectivity index (χ0n) is 12.6. The molecule has 0 aliphatic carbocycles. The van der Waals surface area contributed by atoms with Gasteiger partial charge in [-0.3, -0.25) is 9.59 Å². The van der Waals surface area contributed by atoms with E-state index in [1.807, 2.05) is 61.5 Å². The molecule has 2 rings (SSSR count). The molecule has 2 N–H and O–H groups in total. The number of hydrogen-bond donors (Lipinski definition) is 2. The SMILES string of the molecule is CC(=O)NC(=Cc1ccccc1)C(=O)Nc1ccc(C)cc1. The maximum Gasteiger partial charge on any atom is 0.272 e. The number of nitrogens with one attached hydrogen (secondary N) is 2. The van der Waals surface area contributed by atoms with Crippen molar-refractivity contribution in [1.82, 2.24) is 5.32 Å². The summed E-state index contributed by atoms with van der Waals surface area (Å²) >= 11 is 0. The summed E-state index contributed by atoms with van der Waals surface area (Å²) in [6.07, 6.45) is 1.64. The summed E-state index contributed by atoms with van der Waals surface area (Å²) in [7, 11) is 0. The van der Waals surface area contributed by atoms with E-state index in [1.165, 1.54) is 6.92 Å². The molecule has 0 spiro atoms. The number of amides is 2. The number of carbonyl (C=O) groups excluding carboxylic acids is 2. The highest BCUT2D eigenvalue weighted by molar-refractivity contribution is 6.08. The van der Waals surface area contributed by atoms with E-state index in [2.05, 4.69) is 10.6 Å². The first-order valence-corrected chi connectivity index (χ1v) is 6.97.